The number of sulfonamides is 1. The van der Waals surface area contributed by atoms with Gasteiger partial charge in [0.25, 0.3) is 0 Å². The molecule has 0 atom stereocenters. The Morgan fingerprint density at radius 3 is 2.46 bits per heavy atom. The number of carbonyl (C=O) groups is 1. The van der Waals surface area contributed by atoms with E-state index in [4.69, 9.17) is 11.6 Å². The zero-order chi connectivity index (χ0) is 20.1. The Morgan fingerprint density at radius 1 is 1.07 bits per heavy atom. The zero-order valence-corrected chi connectivity index (χ0v) is 16.7. The zero-order valence-electron chi connectivity index (χ0n) is 15.1. The predicted molar refractivity (Wildman–Crippen MR) is 105 cm³/mol. The van der Waals surface area contributed by atoms with Crippen molar-refractivity contribution in [1.29, 1.82) is 0 Å². The molecule has 150 valence electrons. The highest BCUT2D eigenvalue weighted by molar-refractivity contribution is 7.89. The minimum absolute atomic E-state index is 0.148. The van der Waals surface area contributed by atoms with Crippen LogP contribution >= 0.6 is 11.6 Å². The van der Waals surface area contributed by atoms with Crippen molar-refractivity contribution in [2.24, 2.45) is 0 Å². The summed E-state index contributed by atoms with van der Waals surface area (Å²) in [4.78, 5) is 13.7. The number of piperazine rings is 1. The number of carbonyl (C=O) groups excluding carboxylic acids is 1. The van der Waals surface area contributed by atoms with Crippen molar-refractivity contribution in [2.75, 3.05) is 32.7 Å². The number of hydrogen-bond acceptors (Lipinski definition) is 4. The molecule has 3 rings (SSSR count). The number of nitrogens with one attached hydrogen (secondary N) is 1. The van der Waals surface area contributed by atoms with Crippen molar-refractivity contribution in [1.82, 2.24) is 14.5 Å². The summed E-state index contributed by atoms with van der Waals surface area (Å²) in [5.41, 5.74) is 0.904. The fourth-order valence-corrected chi connectivity index (χ4v) is 4.73. The molecule has 0 unspecified atom stereocenters. The van der Waals surface area contributed by atoms with Gasteiger partial charge in [0.1, 0.15) is 10.7 Å². The Labute approximate surface area is 168 Å². The molecule has 1 fully saturated rings. The van der Waals surface area contributed by atoms with Crippen LogP contribution in [0.15, 0.2) is 53.4 Å². The molecule has 6 nitrogen and oxygen atoms in total. The second kappa shape index (κ2) is 9.00. The summed E-state index contributed by atoms with van der Waals surface area (Å²) in [5, 5.41) is 3.44. The van der Waals surface area contributed by atoms with Gasteiger partial charge in [-0.2, -0.15) is 4.31 Å². The summed E-state index contributed by atoms with van der Waals surface area (Å²) in [7, 11) is -3.88. The van der Waals surface area contributed by atoms with E-state index < -0.39 is 15.8 Å². The molecule has 1 amide bonds. The SMILES string of the molecule is O=C(CN1CCN(S(=O)(=O)c2ccccc2F)CC1)NCc1cccc(Cl)c1. The highest BCUT2D eigenvalue weighted by atomic mass is 35.5. The number of amides is 1. The van der Waals surface area contributed by atoms with E-state index in [1.165, 1.54) is 22.5 Å². The van der Waals surface area contributed by atoms with Crippen LogP contribution in [0.2, 0.25) is 5.02 Å². The van der Waals surface area contributed by atoms with Crippen LogP contribution in [0.25, 0.3) is 0 Å². The van der Waals surface area contributed by atoms with Gasteiger partial charge in [0.2, 0.25) is 15.9 Å². The molecule has 1 saturated heterocycles. The van der Waals surface area contributed by atoms with Crippen LogP contribution in [0, 0.1) is 5.82 Å². The fourth-order valence-electron chi connectivity index (χ4n) is 3.03. The van der Waals surface area contributed by atoms with Crippen molar-refractivity contribution in [3.05, 3.63) is 64.9 Å². The van der Waals surface area contributed by atoms with Crippen LogP contribution in [0.4, 0.5) is 4.39 Å². The van der Waals surface area contributed by atoms with Crippen LogP contribution in [-0.4, -0.2) is 56.3 Å². The molecule has 0 spiro atoms. The van der Waals surface area contributed by atoms with Crippen molar-refractivity contribution in [3.8, 4) is 0 Å². The molecule has 1 aliphatic rings. The quantitative estimate of drug-likeness (QED) is 0.769. The first-order valence-electron chi connectivity index (χ1n) is 8.84. The largest absolute Gasteiger partial charge is 0.351 e. The Hall–Kier alpha value is -2.00. The van der Waals surface area contributed by atoms with Gasteiger partial charge in [0.05, 0.1) is 6.54 Å². The van der Waals surface area contributed by atoms with Crippen molar-refractivity contribution < 1.29 is 17.6 Å². The molecule has 1 N–H and O–H groups in total. The van der Waals surface area contributed by atoms with Gasteiger partial charge < -0.3 is 5.32 Å². The number of benzene rings is 2. The summed E-state index contributed by atoms with van der Waals surface area (Å²) < 4.78 is 40.3. The standard InChI is InChI=1S/C19H21ClFN3O3S/c20-16-5-3-4-15(12-16)13-22-19(25)14-23-8-10-24(11-9-23)28(26,27)18-7-2-1-6-17(18)21/h1-7,12H,8-11,13-14H2,(H,22,25). The predicted octanol–water partition coefficient (Wildman–Crippen LogP) is 2.10. The van der Waals surface area contributed by atoms with E-state index in [2.05, 4.69) is 5.32 Å². The third kappa shape index (κ3) is 5.08. The molecule has 0 aromatic heterocycles. The van der Waals surface area contributed by atoms with Crippen molar-refractivity contribution in [3.63, 3.8) is 0 Å². The van der Waals surface area contributed by atoms with Crippen LogP contribution in [0.3, 0.4) is 0 Å². The molecular formula is C19H21ClFN3O3S. The topological polar surface area (TPSA) is 69.7 Å². The maximum atomic E-state index is 13.9. The molecular weight excluding hydrogens is 405 g/mol. The first kappa shape index (κ1) is 20.7. The van der Waals surface area contributed by atoms with Crippen molar-refractivity contribution >= 4 is 27.5 Å². The van der Waals surface area contributed by atoms with E-state index >= 15 is 0 Å². The second-order valence-corrected chi connectivity index (χ2v) is 8.86. The maximum absolute atomic E-state index is 13.9. The third-order valence-electron chi connectivity index (χ3n) is 4.53. The van der Waals surface area contributed by atoms with Crippen LogP contribution in [0.1, 0.15) is 5.56 Å². The van der Waals surface area contributed by atoms with E-state index in [0.717, 1.165) is 11.6 Å². The highest BCUT2D eigenvalue weighted by Crippen LogP contribution is 2.20. The van der Waals surface area contributed by atoms with Gasteiger partial charge in [-0.05, 0) is 29.8 Å². The molecule has 2 aromatic rings. The van der Waals surface area contributed by atoms with Gasteiger partial charge in [-0.25, -0.2) is 12.8 Å². The average molecular weight is 426 g/mol. The molecule has 28 heavy (non-hydrogen) atoms. The number of nitrogens with zero attached hydrogens (tertiary/aromatic N) is 2. The highest BCUT2D eigenvalue weighted by Gasteiger charge is 2.30. The average Bonchev–Trinajstić information content (AvgIpc) is 2.67. The number of rotatable bonds is 6. The van der Waals surface area contributed by atoms with Gasteiger partial charge in [-0.3, -0.25) is 9.69 Å². The van der Waals surface area contributed by atoms with Gasteiger partial charge in [-0.1, -0.05) is 35.9 Å². The monoisotopic (exact) mass is 425 g/mol. The van der Waals surface area contributed by atoms with Gasteiger partial charge >= 0.3 is 0 Å². The molecule has 0 radical (unpaired) electrons. The maximum Gasteiger partial charge on any atom is 0.246 e. The lowest BCUT2D eigenvalue weighted by Crippen LogP contribution is -2.51. The molecule has 0 saturated carbocycles. The minimum atomic E-state index is -3.88. The second-order valence-electron chi connectivity index (χ2n) is 6.52. The number of hydrogen-bond donors (Lipinski definition) is 1. The third-order valence-corrected chi connectivity index (χ3v) is 6.70. The van der Waals surface area contributed by atoms with E-state index in [1.807, 2.05) is 17.0 Å². The lowest BCUT2D eigenvalue weighted by atomic mass is 10.2. The summed E-state index contributed by atoms with van der Waals surface area (Å²) >= 11 is 5.92. The molecule has 2 aromatic carbocycles. The van der Waals surface area contributed by atoms with Crippen LogP contribution in [0.5, 0.6) is 0 Å². The molecule has 1 heterocycles. The smallest absolute Gasteiger partial charge is 0.246 e. The molecule has 0 bridgehead atoms. The van der Waals surface area contributed by atoms with Gasteiger partial charge in [0, 0.05) is 37.7 Å². The van der Waals surface area contributed by atoms with E-state index in [1.54, 1.807) is 12.1 Å². The Kier molecular flexibility index (Phi) is 6.66. The molecule has 0 aliphatic carbocycles. The lowest BCUT2D eigenvalue weighted by Gasteiger charge is -2.33. The minimum Gasteiger partial charge on any atom is -0.351 e. The summed E-state index contributed by atoms with van der Waals surface area (Å²) in [6, 6.07) is 12.6. The van der Waals surface area contributed by atoms with E-state index in [0.29, 0.717) is 24.7 Å². The van der Waals surface area contributed by atoms with Gasteiger partial charge in [-0.15, -0.1) is 0 Å². The summed E-state index contributed by atoms with van der Waals surface area (Å²) in [6.45, 7) is 1.77. The molecule has 9 heteroatoms. The number of halogens is 2. The Morgan fingerprint density at radius 2 is 1.79 bits per heavy atom. The van der Waals surface area contributed by atoms with E-state index in [9.17, 15) is 17.6 Å². The van der Waals surface area contributed by atoms with E-state index in [-0.39, 0.29) is 30.4 Å². The summed E-state index contributed by atoms with van der Waals surface area (Å²) in [6.07, 6.45) is 0. The normalized spacial score (nSPS) is 16.1. The fraction of sp³-hybridized carbons (Fsp3) is 0.316. The van der Waals surface area contributed by atoms with Gasteiger partial charge in [0.15, 0.2) is 0 Å². The molecule has 1 aliphatic heterocycles. The van der Waals surface area contributed by atoms with Crippen LogP contribution in [-0.2, 0) is 21.4 Å². The first-order valence-corrected chi connectivity index (χ1v) is 10.7. The first-order chi connectivity index (χ1) is 13.4. The Bertz CT molecular complexity index is 947. The van der Waals surface area contributed by atoms with Crippen molar-refractivity contribution in [2.45, 2.75) is 11.4 Å². The lowest BCUT2D eigenvalue weighted by molar-refractivity contribution is -0.122. The van der Waals surface area contributed by atoms with Crippen LogP contribution < -0.4 is 5.32 Å². The Balaban J connectivity index is 1.50. The summed E-state index contributed by atoms with van der Waals surface area (Å²) in [5.74, 6) is -0.907.